The number of fused-ring (bicyclic) bond motifs is 3. The van der Waals surface area contributed by atoms with Gasteiger partial charge < -0.3 is 19.4 Å². The average molecular weight is 404 g/mol. The van der Waals surface area contributed by atoms with Crippen LogP contribution in [-0.4, -0.2) is 47.9 Å². The summed E-state index contributed by atoms with van der Waals surface area (Å²) < 4.78 is 11.3. The van der Waals surface area contributed by atoms with E-state index in [-0.39, 0.29) is 18.9 Å². The lowest BCUT2D eigenvalue weighted by molar-refractivity contribution is -0.261. The van der Waals surface area contributed by atoms with Gasteiger partial charge in [-0.1, -0.05) is 20.4 Å². The quantitative estimate of drug-likeness (QED) is 0.330. The van der Waals surface area contributed by atoms with Crippen LogP contribution in [0.5, 0.6) is 0 Å². The van der Waals surface area contributed by atoms with Gasteiger partial charge >= 0.3 is 11.9 Å². The number of ether oxygens (including phenoxy) is 2. The van der Waals surface area contributed by atoms with Gasteiger partial charge in [-0.3, -0.25) is 14.4 Å². The van der Waals surface area contributed by atoms with Crippen LogP contribution in [0, 0.1) is 34.0 Å². The Morgan fingerprint density at radius 3 is 2.69 bits per heavy atom. The van der Waals surface area contributed by atoms with Crippen LogP contribution in [0.25, 0.3) is 0 Å². The van der Waals surface area contributed by atoms with Gasteiger partial charge in [-0.2, -0.15) is 0 Å². The molecule has 7 heteroatoms. The second kappa shape index (κ2) is 6.24. The number of hydrogen-bond acceptors (Lipinski definition) is 7. The summed E-state index contributed by atoms with van der Waals surface area (Å²) in [5.41, 5.74) is -2.86. The molecule has 0 amide bonds. The SMILES string of the molecule is C=C1C(=O)[C@]23C[C@H]1CC(O)[C@H]2[C@]1(COC(C)=O)[C@H](CCC(C)(C)[C@H]1C=O)OC3=O. The van der Waals surface area contributed by atoms with Crippen molar-refractivity contribution in [1.29, 1.82) is 0 Å². The molecule has 4 aliphatic rings. The molecule has 0 aromatic heterocycles. The molecule has 1 aliphatic heterocycles. The van der Waals surface area contributed by atoms with Crippen molar-refractivity contribution < 1.29 is 33.8 Å². The van der Waals surface area contributed by atoms with E-state index in [2.05, 4.69) is 6.58 Å². The first-order chi connectivity index (χ1) is 13.5. The summed E-state index contributed by atoms with van der Waals surface area (Å²) in [6.45, 7) is 8.88. The normalized spacial score (nSPS) is 45.1. The van der Waals surface area contributed by atoms with Gasteiger partial charge in [0.2, 0.25) is 0 Å². The van der Waals surface area contributed by atoms with E-state index in [1.807, 2.05) is 13.8 Å². The molecule has 1 heterocycles. The summed E-state index contributed by atoms with van der Waals surface area (Å²) in [6, 6.07) is 0. The lowest BCUT2D eigenvalue weighted by Gasteiger charge is -2.63. The van der Waals surface area contributed by atoms with Gasteiger partial charge in [0.25, 0.3) is 0 Å². The van der Waals surface area contributed by atoms with Gasteiger partial charge in [-0.25, -0.2) is 0 Å². The molecule has 7 nitrogen and oxygen atoms in total. The maximum absolute atomic E-state index is 13.3. The molecule has 4 fully saturated rings. The van der Waals surface area contributed by atoms with Gasteiger partial charge in [0.05, 0.1) is 11.5 Å². The van der Waals surface area contributed by atoms with E-state index in [1.165, 1.54) is 6.92 Å². The molecule has 2 bridgehead atoms. The highest BCUT2D eigenvalue weighted by Gasteiger charge is 2.77. The molecule has 1 unspecified atom stereocenters. The highest BCUT2D eigenvalue weighted by Crippen LogP contribution is 2.68. The largest absolute Gasteiger partial charge is 0.465 e. The zero-order valence-corrected chi connectivity index (χ0v) is 17.1. The summed E-state index contributed by atoms with van der Waals surface area (Å²) in [5, 5.41) is 11.2. The fourth-order valence-corrected chi connectivity index (χ4v) is 6.91. The molecule has 7 atom stereocenters. The zero-order valence-electron chi connectivity index (χ0n) is 17.1. The Balaban J connectivity index is 1.96. The van der Waals surface area contributed by atoms with Crippen LogP contribution >= 0.6 is 0 Å². The maximum atomic E-state index is 13.3. The van der Waals surface area contributed by atoms with Gasteiger partial charge in [0.1, 0.15) is 24.4 Å². The second-order valence-electron chi connectivity index (χ2n) is 9.94. The number of esters is 2. The van der Waals surface area contributed by atoms with Crippen LogP contribution in [0.3, 0.4) is 0 Å². The lowest BCUT2D eigenvalue weighted by atomic mass is 9.43. The van der Waals surface area contributed by atoms with Crippen molar-refractivity contribution >= 4 is 24.0 Å². The third-order valence-electron chi connectivity index (χ3n) is 8.13. The number of carbonyl (C=O) groups is 4. The predicted molar refractivity (Wildman–Crippen MR) is 100 cm³/mol. The van der Waals surface area contributed by atoms with Gasteiger partial charge in [-0.15, -0.1) is 0 Å². The molecule has 0 aromatic carbocycles. The van der Waals surface area contributed by atoms with Crippen molar-refractivity contribution in [2.45, 2.75) is 58.7 Å². The number of ketones is 1. The Labute approximate surface area is 169 Å². The van der Waals surface area contributed by atoms with E-state index in [0.29, 0.717) is 24.8 Å². The molecule has 158 valence electrons. The van der Waals surface area contributed by atoms with Gasteiger partial charge in [0, 0.05) is 18.8 Å². The number of rotatable bonds is 3. The Morgan fingerprint density at radius 1 is 1.38 bits per heavy atom. The highest BCUT2D eigenvalue weighted by atomic mass is 16.6. The molecule has 1 saturated heterocycles. The van der Waals surface area contributed by atoms with Crippen molar-refractivity contribution in [2.24, 2.45) is 34.0 Å². The molecule has 1 N–H and O–H groups in total. The smallest absolute Gasteiger partial charge is 0.320 e. The van der Waals surface area contributed by atoms with E-state index in [9.17, 15) is 24.3 Å². The molecule has 3 aliphatic carbocycles. The molecule has 29 heavy (non-hydrogen) atoms. The number of aliphatic hydroxyl groups excluding tert-OH is 1. The molecule has 3 saturated carbocycles. The maximum Gasteiger partial charge on any atom is 0.320 e. The van der Waals surface area contributed by atoms with Gasteiger partial charge in [0.15, 0.2) is 5.78 Å². The van der Waals surface area contributed by atoms with Crippen LogP contribution in [-0.2, 0) is 28.7 Å². The molecular weight excluding hydrogens is 376 g/mol. The van der Waals surface area contributed by atoms with Crippen LogP contribution < -0.4 is 0 Å². The number of allylic oxidation sites excluding steroid dienone is 1. The third kappa shape index (κ3) is 2.39. The molecule has 0 radical (unpaired) electrons. The first-order valence-corrected chi connectivity index (χ1v) is 10.2. The van der Waals surface area contributed by atoms with E-state index in [1.54, 1.807) is 0 Å². The fraction of sp³-hybridized carbons (Fsp3) is 0.727. The Morgan fingerprint density at radius 2 is 2.07 bits per heavy atom. The van der Waals surface area contributed by atoms with E-state index in [0.717, 1.165) is 6.29 Å². The monoisotopic (exact) mass is 404 g/mol. The summed E-state index contributed by atoms with van der Waals surface area (Å²) >= 11 is 0. The Hall–Kier alpha value is -2.02. The number of hydrogen-bond donors (Lipinski definition) is 1. The minimum absolute atomic E-state index is 0.180. The number of aldehydes is 1. The highest BCUT2D eigenvalue weighted by molar-refractivity contribution is 6.15. The van der Waals surface area contributed by atoms with Crippen molar-refractivity contribution in [2.75, 3.05) is 6.61 Å². The van der Waals surface area contributed by atoms with Crippen molar-refractivity contribution in [3.63, 3.8) is 0 Å². The first kappa shape index (κ1) is 20.3. The summed E-state index contributed by atoms with van der Waals surface area (Å²) in [4.78, 5) is 50.7. The van der Waals surface area contributed by atoms with Gasteiger partial charge in [-0.05, 0) is 42.6 Å². The minimum Gasteiger partial charge on any atom is -0.465 e. The van der Waals surface area contributed by atoms with Crippen molar-refractivity contribution in [1.82, 2.24) is 0 Å². The van der Waals surface area contributed by atoms with E-state index < -0.39 is 58.0 Å². The number of carbonyl (C=O) groups excluding carboxylic acids is 4. The topological polar surface area (TPSA) is 107 Å². The molecular formula is C22H28O7. The molecule has 4 rings (SSSR count). The lowest BCUT2D eigenvalue weighted by Crippen LogP contribution is -2.72. The molecule has 1 spiro atoms. The Kier molecular flexibility index (Phi) is 4.36. The Bertz CT molecular complexity index is 814. The number of aliphatic hydroxyl groups is 1. The van der Waals surface area contributed by atoms with Crippen LogP contribution in [0.1, 0.15) is 46.5 Å². The third-order valence-corrected chi connectivity index (χ3v) is 8.13. The van der Waals surface area contributed by atoms with Crippen LogP contribution in [0.15, 0.2) is 12.2 Å². The van der Waals surface area contributed by atoms with E-state index >= 15 is 0 Å². The summed E-state index contributed by atoms with van der Waals surface area (Å²) in [7, 11) is 0. The van der Waals surface area contributed by atoms with Crippen LogP contribution in [0.4, 0.5) is 0 Å². The van der Waals surface area contributed by atoms with E-state index in [4.69, 9.17) is 9.47 Å². The minimum atomic E-state index is -1.56. The average Bonchev–Trinajstić information content (AvgIpc) is 2.83. The first-order valence-electron chi connectivity index (χ1n) is 10.2. The molecule has 0 aromatic rings. The van der Waals surface area contributed by atoms with Crippen molar-refractivity contribution in [3.8, 4) is 0 Å². The summed E-state index contributed by atoms with van der Waals surface area (Å²) in [6.07, 6.45) is 0.754. The van der Waals surface area contributed by atoms with Crippen molar-refractivity contribution in [3.05, 3.63) is 12.2 Å². The number of Topliss-reactive ketones (excluding diaryl/α,β-unsaturated/α-hetero) is 1. The zero-order chi connectivity index (χ0) is 21.4. The predicted octanol–water partition coefficient (Wildman–Crippen LogP) is 1.61. The standard InChI is InChI=1S/C22H28O7/c1-11-13-7-14(25)17-21(8-13,18(11)26)19(27)29-16-5-6-20(3,4)15(9-23)22(16,17)10-28-12(2)24/h9,13-17,25H,1,5-8,10H2,2-4H3/t13-,14?,15-,16+,17-,21+,22+/m1/s1. The second-order valence-corrected chi connectivity index (χ2v) is 9.94. The summed E-state index contributed by atoms with van der Waals surface area (Å²) in [5.74, 6) is -3.36. The van der Waals surface area contributed by atoms with Crippen LogP contribution in [0.2, 0.25) is 0 Å². The fourth-order valence-electron chi connectivity index (χ4n) is 6.91.